The van der Waals surface area contributed by atoms with Gasteiger partial charge in [-0.3, -0.25) is 29.6 Å². The fourth-order valence-electron chi connectivity index (χ4n) is 7.07. The van der Waals surface area contributed by atoms with E-state index < -0.39 is 0 Å². The molecule has 0 aromatic heterocycles. The standard InChI is InChI=1S/2C23H30N2O4.2C9H10O3.2Co.I3.K/c2*1-5-28-19-11-7-9-17(21(19)26)13-24-15-23(3,4)16-25-14-18-10-8-12-20(22(18)27)29-6-2;2*1-2-12-8-5-3-4-7(6-10)9(8)11;;;1-3-2;/h2*7-14,26-27H,5-6,15-16H2,1-4H3;2*3-6,11H,2H2,1H3;;;;/q;;;;2*+3;-1;+1/p-6. The number of carbonyl (C=O) groups is 2. The summed E-state index contributed by atoms with van der Waals surface area (Å²) in [6.45, 7) is 23.7. The first-order chi connectivity index (χ1) is 40.7. The first-order valence-corrected chi connectivity index (χ1v) is 39.7. The summed E-state index contributed by atoms with van der Waals surface area (Å²) in [6.07, 6.45) is 7.39. The Morgan fingerprint density at radius 3 is 0.682 bits per heavy atom. The molecule has 6 aromatic rings. The molecule has 0 amide bonds. The van der Waals surface area contributed by atoms with E-state index in [4.69, 9.17) is 28.4 Å². The molecule has 0 fully saturated rings. The SMILES string of the molecule is CCOc1cccc(C=NCC(C)(C)CN=Cc2cccc(OCC)c2[O-])c1[O-].CCOc1cccc(C=NCC(C)(C)CN=Cc2cccc(OCC)c2[O-])c1[O-].CCOc1cccc(C=O)c1[O-].CCOc1cccc(C=O)c1[O-].I[I-]I.[Co+3].[Co+3].[K+]. The number of hydrogen-bond donors (Lipinski definition) is 0. The number of benzene rings is 6. The van der Waals surface area contributed by atoms with Crippen LogP contribution in [0.4, 0.5) is 0 Å². The number of aldehydes is 2. The Morgan fingerprint density at radius 2 is 0.523 bits per heavy atom. The van der Waals surface area contributed by atoms with E-state index in [1.807, 2.05) is 55.4 Å². The third-order valence-electron chi connectivity index (χ3n) is 11.1. The van der Waals surface area contributed by atoms with Crippen molar-refractivity contribution in [1.29, 1.82) is 0 Å². The first kappa shape index (κ1) is 85.8. The van der Waals surface area contributed by atoms with Crippen molar-refractivity contribution in [3.8, 4) is 69.0 Å². The maximum absolute atomic E-state index is 12.3. The van der Waals surface area contributed by atoms with Crippen LogP contribution in [0.15, 0.2) is 129 Å². The van der Waals surface area contributed by atoms with Gasteiger partial charge in [0.15, 0.2) is 0 Å². The van der Waals surface area contributed by atoms with Gasteiger partial charge >= 0.3 is 135 Å². The van der Waals surface area contributed by atoms with Crippen LogP contribution in [0, 0.1) is 10.8 Å². The monoisotopic (exact) mass is 1660 g/mol. The van der Waals surface area contributed by atoms with Crippen molar-refractivity contribution >= 4 is 74.7 Å². The first-order valence-electron chi connectivity index (χ1n) is 27.1. The Labute approximate surface area is 611 Å². The summed E-state index contributed by atoms with van der Waals surface area (Å²) < 4.78 is 31.3. The van der Waals surface area contributed by atoms with Crippen LogP contribution in [0.1, 0.15) is 112 Å². The maximum Gasteiger partial charge on any atom is 3.00 e. The van der Waals surface area contributed by atoms with E-state index in [1.54, 1.807) is 136 Å². The molecular weight excluding hydrogens is 1590 g/mol. The van der Waals surface area contributed by atoms with Crippen LogP contribution in [-0.4, -0.2) is 103 Å². The Kier molecular flexibility index (Phi) is 47.4. The summed E-state index contributed by atoms with van der Waals surface area (Å²) in [5.41, 5.74) is 1.82. The minimum Gasteiger partial charge on any atom is 1.00 e. The van der Waals surface area contributed by atoms with E-state index in [-0.39, 0.29) is 153 Å². The Balaban J connectivity index is 0. The molecule has 0 aliphatic heterocycles. The molecule has 6 rings (SSSR count). The van der Waals surface area contributed by atoms with Crippen LogP contribution < -0.4 is 124 Å². The van der Waals surface area contributed by atoms with Crippen LogP contribution >= 0.6 is 37.2 Å². The van der Waals surface area contributed by atoms with Crippen LogP contribution in [-0.2, 0) is 33.6 Å². The summed E-state index contributed by atoms with van der Waals surface area (Å²) in [7, 11) is 0. The number of carbonyl (C=O) groups excluding carboxylic acids is 2. The van der Waals surface area contributed by atoms with Gasteiger partial charge in [0.25, 0.3) is 0 Å². The fourth-order valence-corrected chi connectivity index (χ4v) is 7.07. The molecule has 0 aliphatic rings. The van der Waals surface area contributed by atoms with Crippen molar-refractivity contribution in [2.45, 2.75) is 69.2 Å². The fraction of sp³-hybridized carbons (Fsp3) is 0.344. The topological polar surface area (TPSA) is 277 Å². The maximum atomic E-state index is 12.3. The second-order valence-electron chi connectivity index (χ2n) is 19.1. The van der Waals surface area contributed by atoms with Crippen molar-refractivity contribution in [2.24, 2.45) is 30.8 Å². The zero-order chi connectivity index (χ0) is 63.2. The number of para-hydroxylation sites is 6. The van der Waals surface area contributed by atoms with Gasteiger partial charge in [0.05, 0.1) is 39.6 Å². The van der Waals surface area contributed by atoms with E-state index in [0.29, 0.717) is 137 Å². The normalized spacial score (nSPS) is 10.7. The zero-order valence-electron chi connectivity index (χ0n) is 51.2. The van der Waals surface area contributed by atoms with Crippen LogP contribution in [0.2, 0.25) is 0 Å². The molecular formula is C64H74Co2I3KN4O14. The number of rotatable bonds is 26. The van der Waals surface area contributed by atoms with Gasteiger partial charge in [-0.25, -0.2) is 0 Å². The van der Waals surface area contributed by atoms with Crippen LogP contribution in [0.25, 0.3) is 0 Å². The predicted molar refractivity (Wildman–Crippen MR) is 339 cm³/mol. The smallest absolute Gasteiger partial charge is 1.00 e. The summed E-state index contributed by atoms with van der Waals surface area (Å²) >= 11 is 5.30. The molecule has 474 valence electrons. The molecule has 0 aliphatic carbocycles. The molecule has 0 bridgehead atoms. The van der Waals surface area contributed by atoms with Crippen LogP contribution in [0.5, 0.6) is 69.0 Å². The Morgan fingerprint density at radius 1 is 0.364 bits per heavy atom. The summed E-state index contributed by atoms with van der Waals surface area (Å²) in [5.74, 6) is 0.499. The number of halogens is 3. The Bertz CT molecular complexity index is 2760. The van der Waals surface area contributed by atoms with E-state index in [2.05, 4.69) is 57.2 Å². The minimum absolute atomic E-state index is 0. The van der Waals surface area contributed by atoms with Gasteiger partial charge in [-0.1, -0.05) is 135 Å². The van der Waals surface area contributed by atoms with Gasteiger partial charge in [-0.05, 0) is 100 Å². The number of nitrogens with zero attached hydrogens (tertiary/aromatic N) is 4. The molecule has 0 spiro atoms. The van der Waals surface area contributed by atoms with Gasteiger partial charge in [0, 0.05) is 73.0 Å². The summed E-state index contributed by atoms with van der Waals surface area (Å²) in [6, 6.07) is 29.9. The van der Waals surface area contributed by atoms with E-state index in [0.717, 1.165) is 0 Å². The Hall–Kier alpha value is -4.22. The van der Waals surface area contributed by atoms with E-state index in [1.165, 1.54) is 12.1 Å². The predicted octanol–water partition coefficient (Wildman–Crippen LogP) is 4.11. The average molecular weight is 1660 g/mol. The molecule has 0 heterocycles. The van der Waals surface area contributed by atoms with Gasteiger partial charge in [0.2, 0.25) is 0 Å². The van der Waals surface area contributed by atoms with Crippen molar-refractivity contribution in [1.82, 2.24) is 0 Å². The second-order valence-corrected chi connectivity index (χ2v) is 35.4. The number of aliphatic imine (C=N–C) groups is 4. The van der Waals surface area contributed by atoms with Crippen molar-refractivity contribution in [3.63, 3.8) is 0 Å². The molecule has 18 nitrogen and oxygen atoms in total. The van der Waals surface area contributed by atoms with E-state index >= 15 is 0 Å². The molecule has 24 heteroatoms. The van der Waals surface area contributed by atoms with Gasteiger partial charge < -0.3 is 59.1 Å². The largest absolute Gasteiger partial charge is 3.00 e. The summed E-state index contributed by atoms with van der Waals surface area (Å²) in [5, 5.41) is 71.5. The van der Waals surface area contributed by atoms with E-state index in [9.17, 15) is 40.2 Å². The molecule has 6 aromatic carbocycles. The average Bonchev–Trinajstić information content (AvgIpc) is 3.58. The minimum atomic E-state index is -0.339. The van der Waals surface area contributed by atoms with Gasteiger partial charge in [-0.15, -0.1) is 0 Å². The third-order valence-corrected chi connectivity index (χ3v) is 11.1. The van der Waals surface area contributed by atoms with Crippen LogP contribution in [0.3, 0.4) is 0 Å². The molecule has 0 saturated carbocycles. The molecule has 0 N–H and O–H groups in total. The third kappa shape index (κ3) is 31.7. The molecule has 88 heavy (non-hydrogen) atoms. The van der Waals surface area contributed by atoms with Crippen molar-refractivity contribution in [3.05, 3.63) is 143 Å². The number of hydrogen-bond acceptors (Lipinski definition) is 18. The van der Waals surface area contributed by atoms with Crippen molar-refractivity contribution in [2.75, 3.05) is 65.8 Å². The van der Waals surface area contributed by atoms with Gasteiger partial charge in [-0.2, -0.15) is 0 Å². The number of ether oxygens (including phenoxy) is 6. The molecule has 0 unspecified atom stereocenters. The zero-order valence-corrected chi connectivity index (χ0v) is 62.9. The molecule has 0 saturated heterocycles. The quantitative estimate of drug-likeness (QED) is 0.0320. The summed E-state index contributed by atoms with van der Waals surface area (Å²) in [4.78, 5) is 38.3. The molecule has 0 atom stereocenters. The van der Waals surface area contributed by atoms with Crippen molar-refractivity contribution < 1.29 is 167 Å². The second kappa shape index (κ2) is 48.6. The molecule has 0 radical (unpaired) electrons. The van der Waals surface area contributed by atoms with Gasteiger partial charge in [0.1, 0.15) is 47.1 Å².